The van der Waals surface area contributed by atoms with E-state index in [1.807, 2.05) is 6.92 Å². The SMILES string of the molecule is CC1(O)C[C@H]2CCC[C@@H](C1)C2Nc1cc(Cl)ncc1C(=O)O. The molecule has 120 valence electrons. The van der Waals surface area contributed by atoms with Crippen LogP contribution in [0.1, 0.15) is 49.4 Å². The van der Waals surface area contributed by atoms with E-state index in [4.69, 9.17) is 11.6 Å². The molecule has 0 amide bonds. The summed E-state index contributed by atoms with van der Waals surface area (Å²) in [6, 6.07) is 1.76. The highest BCUT2D eigenvalue weighted by Gasteiger charge is 2.44. The number of aromatic carboxylic acids is 1. The number of pyridine rings is 1. The molecular weight excluding hydrogens is 304 g/mol. The smallest absolute Gasteiger partial charge is 0.339 e. The second-order valence-electron chi connectivity index (χ2n) is 6.88. The zero-order chi connectivity index (χ0) is 15.9. The number of fused-ring (bicyclic) bond motifs is 2. The lowest BCUT2D eigenvalue weighted by molar-refractivity contribution is -0.0432. The molecule has 5 nitrogen and oxygen atoms in total. The van der Waals surface area contributed by atoms with Crippen molar-refractivity contribution in [1.82, 2.24) is 4.98 Å². The normalized spacial score (nSPS) is 34.2. The van der Waals surface area contributed by atoms with Gasteiger partial charge in [0.1, 0.15) is 10.7 Å². The largest absolute Gasteiger partial charge is 0.478 e. The first-order valence-corrected chi connectivity index (χ1v) is 8.11. The summed E-state index contributed by atoms with van der Waals surface area (Å²) in [5.41, 5.74) is 0.0511. The fourth-order valence-corrected chi connectivity index (χ4v) is 4.35. The van der Waals surface area contributed by atoms with Crippen LogP contribution < -0.4 is 5.32 Å². The molecular formula is C16H21ClN2O3. The summed E-state index contributed by atoms with van der Waals surface area (Å²) in [6.45, 7) is 1.90. The Balaban J connectivity index is 1.87. The first-order chi connectivity index (χ1) is 10.4. The number of aromatic nitrogens is 1. The molecule has 0 aliphatic heterocycles. The molecule has 2 unspecified atom stereocenters. The Morgan fingerprint density at radius 1 is 1.41 bits per heavy atom. The van der Waals surface area contributed by atoms with Crippen LogP contribution in [0.5, 0.6) is 0 Å². The number of carboxylic acid groups (broad SMARTS) is 1. The van der Waals surface area contributed by atoms with Crippen molar-refractivity contribution >= 4 is 23.3 Å². The van der Waals surface area contributed by atoms with Crippen molar-refractivity contribution in [3.8, 4) is 0 Å². The molecule has 1 aromatic rings. The van der Waals surface area contributed by atoms with Crippen LogP contribution in [0.15, 0.2) is 12.3 Å². The van der Waals surface area contributed by atoms with E-state index in [-0.39, 0.29) is 16.8 Å². The van der Waals surface area contributed by atoms with E-state index in [1.54, 1.807) is 6.07 Å². The van der Waals surface area contributed by atoms with Gasteiger partial charge in [0.05, 0.1) is 11.3 Å². The van der Waals surface area contributed by atoms with Crippen LogP contribution in [0.4, 0.5) is 5.69 Å². The summed E-state index contributed by atoms with van der Waals surface area (Å²) in [4.78, 5) is 15.2. The van der Waals surface area contributed by atoms with E-state index in [2.05, 4.69) is 10.3 Å². The number of halogens is 1. The van der Waals surface area contributed by atoms with Gasteiger partial charge in [-0.2, -0.15) is 0 Å². The third-order valence-electron chi connectivity index (χ3n) is 4.99. The number of carbonyl (C=O) groups is 1. The minimum Gasteiger partial charge on any atom is -0.478 e. The molecule has 3 rings (SSSR count). The van der Waals surface area contributed by atoms with Gasteiger partial charge >= 0.3 is 5.97 Å². The topological polar surface area (TPSA) is 82.5 Å². The highest BCUT2D eigenvalue weighted by molar-refractivity contribution is 6.29. The summed E-state index contributed by atoms with van der Waals surface area (Å²) in [5.74, 6) is -0.299. The maximum Gasteiger partial charge on any atom is 0.339 e. The summed E-state index contributed by atoms with van der Waals surface area (Å²) < 4.78 is 0. The van der Waals surface area contributed by atoms with Gasteiger partial charge in [-0.3, -0.25) is 0 Å². The third kappa shape index (κ3) is 3.06. The lowest BCUT2D eigenvalue weighted by Gasteiger charge is -2.49. The molecule has 22 heavy (non-hydrogen) atoms. The fraction of sp³-hybridized carbons (Fsp3) is 0.625. The van der Waals surface area contributed by atoms with Crippen LogP contribution in [0.25, 0.3) is 0 Å². The molecule has 6 heteroatoms. The van der Waals surface area contributed by atoms with Gasteiger partial charge in [0.2, 0.25) is 0 Å². The maximum absolute atomic E-state index is 11.4. The molecule has 1 heterocycles. The first kappa shape index (κ1) is 15.6. The lowest BCUT2D eigenvalue weighted by Crippen LogP contribution is -2.51. The third-order valence-corrected chi connectivity index (χ3v) is 5.20. The van der Waals surface area contributed by atoms with Crippen LogP contribution in [0, 0.1) is 11.8 Å². The number of hydrogen-bond acceptors (Lipinski definition) is 4. The van der Waals surface area contributed by atoms with Crippen molar-refractivity contribution in [3.63, 3.8) is 0 Å². The van der Waals surface area contributed by atoms with Gasteiger partial charge in [0.25, 0.3) is 0 Å². The Hall–Kier alpha value is -1.33. The second kappa shape index (κ2) is 5.70. The second-order valence-corrected chi connectivity index (χ2v) is 7.27. The van der Waals surface area contributed by atoms with Gasteiger partial charge in [0, 0.05) is 12.2 Å². The number of carboxylic acids is 1. The monoisotopic (exact) mass is 324 g/mol. The van der Waals surface area contributed by atoms with Crippen LogP contribution in [-0.4, -0.2) is 32.8 Å². The highest BCUT2D eigenvalue weighted by Crippen LogP contribution is 2.45. The summed E-state index contributed by atoms with van der Waals surface area (Å²) >= 11 is 5.92. The van der Waals surface area contributed by atoms with E-state index in [0.29, 0.717) is 17.5 Å². The molecule has 1 aromatic heterocycles. The van der Waals surface area contributed by atoms with Crippen molar-refractivity contribution in [1.29, 1.82) is 0 Å². The molecule has 0 spiro atoms. The quantitative estimate of drug-likeness (QED) is 0.744. The standard InChI is InChI=1S/C16H21ClN2O3/c1-16(22)6-9-3-2-4-10(7-16)14(9)19-12-5-13(17)18-8-11(12)15(20)21/h5,8-10,14,22H,2-4,6-7H2,1H3,(H,18,19)(H,20,21)/t9-,10+,14?,16?. The van der Waals surface area contributed by atoms with Crippen LogP contribution >= 0.6 is 11.6 Å². The van der Waals surface area contributed by atoms with Gasteiger partial charge in [-0.05, 0) is 50.5 Å². The molecule has 2 aliphatic carbocycles. The highest BCUT2D eigenvalue weighted by atomic mass is 35.5. The van der Waals surface area contributed by atoms with E-state index >= 15 is 0 Å². The average molecular weight is 325 g/mol. The Labute approximate surface area is 134 Å². The molecule has 2 saturated carbocycles. The Morgan fingerprint density at radius 2 is 2.05 bits per heavy atom. The average Bonchev–Trinajstić information content (AvgIpc) is 2.39. The molecule has 0 radical (unpaired) electrons. The Morgan fingerprint density at radius 3 is 2.64 bits per heavy atom. The number of rotatable bonds is 3. The number of aliphatic hydroxyl groups is 1. The van der Waals surface area contributed by atoms with Gasteiger partial charge in [-0.15, -0.1) is 0 Å². The fourth-order valence-electron chi connectivity index (χ4n) is 4.19. The molecule has 3 N–H and O–H groups in total. The minimum atomic E-state index is -1.01. The molecule has 4 atom stereocenters. The Kier molecular flexibility index (Phi) is 4.03. The summed E-state index contributed by atoms with van der Waals surface area (Å²) in [5, 5.41) is 23.4. The minimum absolute atomic E-state index is 0.139. The van der Waals surface area contributed by atoms with Gasteiger partial charge in [0.15, 0.2) is 0 Å². The zero-order valence-corrected chi connectivity index (χ0v) is 13.3. The van der Waals surface area contributed by atoms with Gasteiger partial charge < -0.3 is 15.5 Å². The first-order valence-electron chi connectivity index (χ1n) is 7.73. The van der Waals surface area contributed by atoms with Crippen LogP contribution in [0.2, 0.25) is 5.15 Å². The summed E-state index contributed by atoms with van der Waals surface area (Å²) in [7, 11) is 0. The van der Waals surface area contributed by atoms with E-state index in [9.17, 15) is 15.0 Å². The van der Waals surface area contributed by atoms with E-state index in [0.717, 1.165) is 25.7 Å². The number of hydrogen-bond donors (Lipinski definition) is 3. The van der Waals surface area contributed by atoms with E-state index in [1.165, 1.54) is 12.6 Å². The summed E-state index contributed by atoms with van der Waals surface area (Å²) in [6.07, 6.45) is 6.09. The molecule has 2 fully saturated rings. The van der Waals surface area contributed by atoms with E-state index < -0.39 is 11.6 Å². The predicted molar refractivity (Wildman–Crippen MR) is 84.3 cm³/mol. The molecule has 2 aliphatic rings. The van der Waals surface area contributed by atoms with Crippen molar-refractivity contribution in [2.75, 3.05) is 5.32 Å². The van der Waals surface area contributed by atoms with Crippen LogP contribution in [-0.2, 0) is 0 Å². The van der Waals surface area contributed by atoms with Crippen molar-refractivity contribution < 1.29 is 15.0 Å². The number of nitrogens with one attached hydrogen (secondary N) is 1. The van der Waals surface area contributed by atoms with Crippen molar-refractivity contribution in [2.24, 2.45) is 11.8 Å². The zero-order valence-electron chi connectivity index (χ0n) is 12.6. The predicted octanol–water partition coefficient (Wildman–Crippen LogP) is 3.17. The van der Waals surface area contributed by atoms with Gasteiger partial charge in [-0.25, -0.2) is 9.78 Å². The lowest BCUT2D eigenvalue weighted by atomic mass is 9.63. The Bertz CT molecular complexity index is 575. The number of nitrogens with zero attached hydrogens (tertiary/aromatic N) is 1. The molecule has 0 saturated heterocycles. The van der Waals surface area contributed by atoms with Crippen molar-refractivity contribution in [2.45, 2.75) is 50.7 Å². The van der Waals surface area contributed by atoms with Crippen LogP contribution in [0.3, 0.4) is 0 Å². The maximum atomic E-state index is 11.4. The molecule has 2 bridgehead atoms. The molecule has 0 aromatic carbocycles. The van der Waals surface area contributed by atoms with Gasteiger partial charge in [-0.1, -0.05) is 18.0 Å². The van der Waals surface area contributed by atoms with Crippen molar-refractivity contribution in [3.05, 3.63) is 23.0 Å². The number of anilines is 1.